The van der Waals surface area contributed by atoms with Gasteiger partial charge in [-0.05, 0) is 33.2 Å². The van der Waals surface area contributed by atoms with Crippen molar-refractivity contribution in [2.24, 2.45) is 0 Å². The molecule has 0 saturated heterocycles. The maximum Gasteiger partial charge on any atom is 0.242 e. The molecule has 1 aromatic heterocycles. The SMILES string of the molecule is CCNc1ccc(S(=O)(=O)NCCN(C)C)cn1. The number of pyridine rings is 1. The van der Waals surface area contributed by atoms with Crippen LogP contribution in [0.1, 0.15) is 6.92 Å². The molecular weight excluding hydrogens is 252 g/mol. The van der Waals surface area contributed by atoms with E-state index in [4.69, 9.17) is 0 Å². The fraction of sp³-hybridized carbons (Fsp3) is 0.545. The Hall–Kier alpha value is -1.18. The molecule has 18 heavy (non-hydrogen) atoms. The minimum atomic E-state index is -3.45. The lowest BCUT2D eigenvalue weighted by atomic mass is 10.4. The normalized spacial score (nSPS) is 11.8. The Kier molecular flexibility index (Phi) is 5.52. The van der Waals surface area contributed by atoms with E-state index in [1.54, 1.807) is 12.1 Å². The second-order valence-corrected chi connectivity index (χ2v) is 5.88. The number of hydrogen-bond acceptors (Lipinski definition) is 5. The quantitative estimate of drug-likeness (QED) is 0.749. The van der Waals surface area contributed by atoms with Crippen LogP contribution in [-0.2, 0) is 10.0 Å². The highest BCUT2D eigenvalue weighted by molar-refractivity contribution is 7.89. The fourth-order valence-electron chi connectivity index (χ4n) is 1.31. The molecule has 0 atom stereocenters. The topological polar surface area (TPSA) is 74.3 Å². The molecule has 0 aromatic carbocycles. The molecule has 0 fully saturated rings. The third-order valence-electron chi connectivity index (χ3n) is 2.26. The standard InChI is InChI=1S/C11H20N4O2S/c1-4-12-11-6-5-10(9-13-11)18(16,17)14-7-8-15(2)3/h5-6,9,14H,4,7-8H2,1-3H3,(H,12,13). The molecule has 0 amide bonds. The van der Waals surface area contributed by atoms with Gasteiger partial charge in [-0.3, -0.25) is 0 Å². The molecule has 0 aliphatic carbocycles. The highest BCUT2D eigenvalue weighted by Crippen LogP contribution is 2.10. The number of aromatic nitrogens is 1. The molecule has 0 aliphatic rings. The summed E-state index contributed by atoms with van der Waals surface area (Å²) in [5, 5.41) is 3.01. The monoisotopic (exact) mass is 272 g/mol. The van der Waals surface area contributed by atoms with Crippen molar-refractivity contribution in [1.29, 1.82) is 0 Å². The van der Waals surface area contributed by atoms with Crippen molar-refractivity contribution >= 4 is 15.8 Å². The number of nitrogens with zero attached hydrogens (tertiary/aromatic N) is 2. The minimum Gasteiger partial charge on any atom is -0.370 e. The van der Waals surface area contributed by atoms with Crippen LogP contribution in [0.15, 0.2) is 23.2 Å². The number of sulfonamides is 1. The first-order valence-electron chi connectivity index (χ1n) is 5.80. The van der Waals surface area contributed by atoms with E-state index >= 15 is 0 Å². The third kappa shape index (κ3) is 4.59. The molecule has 7 heteroatoms. The maximum atomic E-state index is 11.9. The van der Waals surface area contributed by atoms with Gasteiger partial charge < -0.3 is 10.2 Å². The van der Waals surface area contributed by atoms with Crippen LogP contribution in [0.3, 0.4) is 0 Å². The van der Waals surface area contributed by atoms with Gasteiger partial charge in [0.05, 0.1) is 0 Å². The largest absolute Gasteiger partial charge is 0.370 e. The van der Waals surface area contributed by atoms with Crippen molar-refractivity contribution in [3.8, 4) is 0 Å². The van der Waals surface area contributed by atoms with E-state index in [0.29, 0.717) is 18.9 Å². The number of rotatable bonds is 7. The predicted octanol–water partition coefficient (Wildman–Crippen LogP) is 0.353. The molecule has 2 N–H and O–H groups in total. The fourth-order valence-corrected chi connectivity index (χ4v) is 2.28. The molecule has 0 aliphatic heterocycles. The van der Waals surface area contributed by atoms with Gasteiger partial charge in [-0.1, -0.05) is 0 Å². The minimum absolute atomic E-state index is 0.183. The summed E-state index contributed by atoms with van der Waals surface area (Å²) in [6, 6.07) is 3.20. The maximum absolute atomic E-state index is 11.9. The summed E-state index contributed by atoms with van der Waals surface area (Å²) in [6.45, 7) is 3.74. The van der Waals surface area contributed by atoms with E-state index in [1.807, 2.05) is 25.9 Å². The van der Waals surface area contributed by atoms with Crippen LogP contribution >= 0.6 is 0 Å². The van der Waals surface area contributed by atoms with Crippen molar-refractivity contribution in [2.75, 3.05) is 39.0 Å². The smallest absolute Gasteiger partial charge is 0.242 e. The van der Waals surface area contributed by atoms with Gasteiger partial charge in [0.1, 0.15) is 10.7 Å². The third-order valence-corrected chi connectivity index (χ3v) is 3.70. The lowest BCUT2D eigenvalue weighted by Crippen LogP contribution is -2.31. The Morgan fingerprint density at radius 3 is 2.56 bits per heavy atom. The van der Waals surface area contributed by atoms with Gasteiger partial charge in [0.2, 0.25) is 10.0 Å². The zero-order chi connectivity index (χ0) is 13.6. The highest BCUT2D eigenvalue weighted by atomic mass is 32.2. The summed E-state index contributed by atoms with van der Waals surface area (Å²) >= 11 is 0. The Bertz CT molecular complexity index is 456. The zero-order valence-corrected chi connectivity index (χ0v) is 11.8. The van der Waals surface area contributed by atoms with Gasteiger partial charge in [0.25, 0.3) is 0 Å². The summed E-state index contributed by atoms with van der Waals surface area (Å²) in [5.41, 5.74) is 0. The summed E-state index contributed by atoms with van der Waals surface area (Å²) < 4.78 is 26.3. The van der Waals surface area contributed by atoms with Gasteiger partial charge in [-0.25, -0.2) is 18.1 Å². The van der Waals surface area contributed by atoms with Crippen LogP contribution in [0.25, 0.3) is 0 Å². The number of likely N-dealkylation sites (N-methyl/N-ethyl adjacent to an activating group) is 1. The summed E-state index contributed by atoms with van der Waals surface area (Å²) in [7, 11) is 0.325. The molecule has 1 aromatic rings. The van der Waals surface area contributed by atoms with Crippen molar-refractivity contribution in [1.82, 2.24) is 14.6 Å². The van der Waals surface area contributed by atoms with Gasteiger partial charge in [-0.15, -0.1) is 0 Å². The van der Waals surface area contributed by atoms with E-state index in [2.05, 4.69) is 15.0 Å². The molecule has 0 saturated carbocycles. The first kappa shape index (κ1) is 14.9. The second kappa shape index (κ2) is 6.67. The van der Waals surface area contributed by atoms with Crippen molar-refractivity contribution in [3.05, 3.63) is 18.3 Å². The molecule has 102 valence electrons. The number of anilines is 1. The predicted molar refractivity (Wildman–Crippen MR) is 72.1 cm³/mol. The zero-order valence-electron chi connectivity index (χ0n) is 11.0. The van der Waals surface area contributed by atoms with Crippen LogP contribution in [-0.4, -0.2) is 52.0 Å². The lowest BCUT2D eigenvalue weighted by molar-refractivity contribution is 0.412. The van der Waals surface area contributed by atoms with Crippen LogP contribution < -0.4 is 10.0 Å². The van der Waals surface area contributed by atoms with Gasteiger partial charge in [0, 0.05) is 25.8 Å². The van der Waals surface area contributed by atoms with Gasteiger partial charge in [-0.2, -0.15) is 0 Å². The summed E-state index contributed by atoms with van der Waals surface area (Å²) in [6.07, 6.45) is 1.36. The van der Waals surface area contributed by atoms with E-state index in [-0.39, 0.29) is 4.90 Å². The molecule has 0 unspecified atom stereocenters. The molecule has 6 nitrogen and oxygen atoms in total. The Labute approximate surface area is 108 Å². The molecular formula is C11H20N4O2S. The molecule has 1 rings (SSSR count). The summed E-state index contributed by atoms with van der Waals surface area (Å²) in [4.78, 5) is 6.13. The molecule has 0 spiro atoms. The first-order valence-corrected chi connectivity index (χ1v) is 7.28. The van der Waals surface area contributed by atoms with Gasteiger partial charge in [0.15, 0.2) is 0 Å². The molecule has 0 bridgehead atoms. The lowest BCUT2D eigenvalue weighted by Gasteiger charge is -2.11. The second-order valence-electron chi connectivity index (χ2n) is 4.11. The average Bonchev–Trinajstić information content (AvgIpc) is 2.29. The Morgan fingerprint density at radius 1 is 1.33 bits per heavy atom. The molecule has 0 radical (unpaired) electrons. The van der Waals surface area contributed by atoms with Crippen molar-refractivity contribution < 1.29 is 8.42 Å². The van der Waals surface area contributed by atoms with Crippen molar-refractivity contribution in [3.63, 3.8) is 0 Å². The average molecular weight is 272 g/mol. The molecule has 1 heterocycles. The Morgan fingerprint density at radius 2 is 2.06 bits per heavy atom. The van der Waals surface area contributed by atoms with E-state index in [1.165, 1.54) is 6.20 Å². The van der Waals surface area contributed by atoms with Crippen molar-refractivity contribution in [2.45, 2.75) is 11.8 Å². The first-order chi connectivity index (χ1) is 8.45. The van der Waals surface area contributed by atoms with E-state index < -0.39 is 10.0 Å². The number of hydrogen-bond donors (Lipinski definition) is 2. The highest BCUT2D eigenvalue weighted by Gasteiger charge is 2.13. The Balaban J connectivity index is 2.67. The number of nitrogens with one attached hydrogen (secondary N) is 2. The van der Waals surface area contributed by atoms with Crippen LogP contribution in [0.4, 0.5) is 5.82 Å². The van der Waals surface area contributed by atoms with E-state index in [9.17, 15) is 8.42 Å². The van der Waals surface area contributed by atoms with Crippen LogP contribution in [0.5, 0.6) is 0 Å². The van der Waals surface area contributed by atoms with Gasteiger partial charge >= 0.3 is 0 Å². The van der Waals surface area contributed by atoms with Crippen LogP contribution in [0.2, 0.25) is 0 Å². The van der Waals surface area contributed by atoms with Crippen LogP contribution in [0, 0.1) is 0 Å². The summed E-state index contributed by atoms with van der Waals surface area (Å²) in [5.74, 6) is 0.671. The van der Waals surface area contributed by atoms with E-state index in [0.717, 1.165) is 6.54 Å².